The summed E-state index contributed by atoms with van der Waals surface area (Å²) in [4.78, 5) is 21.1. The van der Waals surface area contributed by atoms with Crippen LogP contribution < -0.4 is 10.2 Å². The number of carbonyl (C=O) groups excluding carboxylic acids is 1. The van der Waals surface area contributed by atoms with E-state index in [-0.39, 0.29) is 5.91 Å². The second kappa shape index (κ2) is 7.03. The van der Waals surface area contributed by atoms with Crippen LogP contribution in [0.1, 0.15) is 6.42 Å². The maximum atomic E-state index is 12.5. The van der Waals surface area contributed by atoms with Crippen LogP contribution in [0.25, 0.3) is 11.1 Å². The van der Waals surface area contributed by atoms with Crippen LogP contribution in [0.3, 0.4) is 0 Å². The number of nitrogens with one attached hydrogen (secondary N) is 1. The third-order valence-corrected chi connectivity index (χ3v) is 5.74. The molecule has 6 nitrogen and oxygen atoms in total. The molecule has 0 aliphatic carbocycles. The van der Waals surface area contributed by atoms with Gasteiger partial charge in [-0.25, -0.2) is 0 Å². The van der Waals surface area contributed by atoms with Gasteiger partial charge in [-0.15, -0.1) is 0 Å². The Kier molecular flexibility index (Phi) is 4.62. The first-order valence-corrected chi connectivity index (χ1v) is 9.64. The number of piperazine rings is 1. The summed E-state index contributed by atoms with van der Waals surface area (Å²) in [5, 5.41) is 3.43. The van der Waals surface area contributed by atoms with E-state index < -0.39 is 0 Å². The van der Waals surface area contributed by atoms with Gasteiger partial charge in [-0.05, 0) is 12.1 Å². The van der Waals surface area contributed by atoms with Gasteiger partial charge in [0.25, 0.3) is 6.01 Å². The van der Waals surface area contributed by atoms with Crippen LogP contribution >= 0.6 is 11.8 Å². The summed E-state index contributed by atoms with van der Waals surface area (Å²) in [5.74, 6) is 2.44. The number of oxazole rings is 1. The summed E-state index contributed by atoms with van der Waals surface area (Å²) in [7, 11) is 0. The Hall–Kier alpha value is -1.73. The Bertz CT molecular complexity index is 672. The highest BCUT2D eigenvalue weighted by atomic mass is 32.2. The number of amides is 1. The van der Waals surface area contributed by atoms with Gasteiger partial charge in [-0.3, -0.25) is 4.79 Å². The van der Waals surface area contributed by atoms with Crippen molar-refractivity contribution in [3.63, 3.8) is 0 Å². The molecule has 1 aromatic carbocycles. The van der Waals surface area contributed by atoms with Gasteiger partial charge >= 0.3 is 0 Å². The number of aromatic nitrogens is 1. The number of anilines is 1. The molecule has 7 heteroatoms. The van der Waals surface area contributed by atoms with E-state index in [0.717, 1.165) is 55.3 Å². The van der Waals surface area contributed by atoms with E-state index in [2.05, 4.69) is 15.2 Å². The predicted molar refractivity (Wildman–Crippen MR) is 96.5 cm³/mol. The number of benzene rings is 1. The maximum absolute atomic E-state index is 12.5. The van der Waals surface area contributed by atoms with Gasteiger partial charge < -0.3 is 19.5 Å². The van der Waals surface area contributed by atoms with Crippen molar-refractivity contribution in [1.82, 2.24) is 15.2 Å². The van der Waals surface area contributed by atoms with Crippen molar-refractivity contribution < 1.29 is 9.21 Å². The van der Waals surface area contributed by atoms with E-state index in [1.54, 1.807) is 0 Å². The van der Waals surface area contributed by atoms with Crippen molar-refractivity contribution in [3.8, 4) is 0 Å². The second-order valence-corrected chi connectivity index (χ2v) is 7.41. The number of fused-ring (bicyclic) bond motifs is 1. The number of rotatable bonds is 3. The summed E-state index contributed by atoms with van der Waals surface area (Å²) in [6, 6.07) is 8.78. The zero-order chi connectivity index (χ0) is 16.4. The highest BCUT2D eigenvalue weighted by molar-refractivity contribution is 7.99. The molecule has 2 aromatic rings. The number of nitrogens with zero attached hydrogens (tertiary/aromatic N) is 3. The molecule has 1 N–H and O–H groups in total. The summed E-state index contributed by atoms with van der Waals surface area (Å²) in [6.07, 6.45) is 0.607. The van der Waals surface area contributed by atoms with Crippen LogP contribution in [0.15, 0.2) is 28.7 Å². The van der Waals surface area contributed by atoms with E-state index in [0.29, 0.717) is 18.5 Å². The topological polar surface area (TPSA) is 61.6 Å². The van der Waals surface area contributed by atoms with Crippen molar-refractivity contribution in [2.45, 2.75) is 12.5 Å². The molecular weight excluding hydrogens is 324 g/mol. The zero-order valence-corrected chi connectivity index (χ0v) is 14.4. The molecule has 0 spiro atoms. The number of hydrogen-bond acceptors (Lipinski definition) is 6. The summed E-state index contributed by atoms with van der Waals surface area (Å²) >= 11 is 1.93. The minimum atomic E-state index is 0.257. The Morgan fingerprint density at radius 1 is 1.29 bits per heavy atom. The molecule has 2 aliphatic heterocycles. The second-order valence-electron chi connectivity index (χ2n) is 6.26. The van der Waals surface area contributed by atoms with Gasteiger partial charge in [0.1, 0.15) is 5.52 Å². The third-order valence-electron chi connectivity index (χ3n) is 4.60. The van der Waals surface area contributed by atoms with Gasteiger partial charge in [0.15, 0.2) is 5.58 Å². The Balaban J connectivity index is 1.33. The first kappa shape index (κ1) is 15.8. The lowest BCUT2D eigenvalue weighted by molar-refractivity contribution is -0.131. The highest BCUT2D eigenvalue weighted by Gasteiger charge is 2.26. The summed E-state index contributed by atoms with van der Waals surface area (Å²) < 4.78 is 5.82. The average Bonchev–Trinajstić information content (AvgIpc) is 3.07. The van der Waals surface area contributed by atoms with Gasteiger partial charge in [-0.1, -0.05) is 12.1 Å². The lowest BCUT2D eigenvalue weighted by atomic mass is 10.2. The number of para-hydroxylation sites is 2. The molecule has 24 heavy (non-hydrogen) atoms. The molecule has 0 saturated carbocycles. The van der Waals surface area contributed by atoms with Gasteiger partial charge in [0, 0.05) is 56.7 Å². The van der Waals surface area contributed by atoms with E-state index in [1.165, 1.54) is 0 Å². The van der Waals surface area contributed by atoms with Gasteiger partial charge in [-0.2, -0.15) is 16.7 Å². The van der Waals surface area contributed by atoms with Crippen molar-refractivity contribution in [1.29, 1.82) is 0 Å². The number of carbonyl (C=O) groups is 1. The standard InChI is InChI=1S/C17H22N4O2S/c22-16(11-13-12-24-10-5-18-13)20-6-8-21(9-7-20)17-19-14-3-1-2-4-15(14)23-17/h1-4,13,18H,5-12H2. The lowest BCUT2D eigenvalue weighted by Gasteiger charge is -2.35. The maximum Gasteiger partial charge on any atom is 0.298 e. The normalized spacial score (nSPS) is 22.1. The largest absolute Gasteiger partial charge is 0.423 e. The van der Waals surface area contributed by atoms with Crippen LogP contribution in [0.2, 0.25) is 0 Å². The molecule has 2 aliphatic rings. The van der Waals surface area contributed by atoms with E-state index in [4.69, 9.17) is 4.42 Å². The molecule has 1 atom stereocenters. The summed E-state index contributed by atoms with van der Waals surface area (Å²) in [6.45, 7) is 4.01. The first-order chi connectivity index (χ1) is 11.8. The Morgan fingerprint density at radius 2 is 2.12 bits per heavy atom. The minimum Gasteiger partial charge on any atom is -0.423 e. The van der Waals surface area contributed by atoms with E-state index in [1.807, 2.05) is 40.9 Å². The molecule has 3 heterocycles. The minimum absolute atomic E-state index is 0.257. The predicted octanol–water partition coefficient (Wildman–Crippen LogP) is 1.57. The fourth-order valence-electron chi connectivity index (χ4n) is 3.23. The smallest absolute Gasteiger partial charge is 0.298 e. The molecule has 1 unspecified atom stereocenters. The van der Waals surface area contributed by atoms with E-state index in [9.17, 15) is 4.79 Å². The van der Waals surface area contributed by atoms with Crippen LogP contribution in [-0.2, 0) is 4.79 Å². The molecule has 0 radical (unpaired) electrons. The number of thioether (sulfide) groups is 1. The van der Waals surface area contributed by atoms with E-state index >= 15 is 0 Å². The van der Waals surface area contributed by atoms with Crippen LogP contribution in [0, 0.1) is 0 Å². The number of hydrogen-bond donors (Lipinski definition) is 1. The lowest BCUT2D eigenvalue weighted by Crippen LogP contribution is -2.50. The summed E-state index contributed by atoms with van der Waals surface area (Å²) in [5.41, 5.74) is 1.69. The van der Waals surface area contributed by atoms with Crippen LogP contribution in [0.4, 0.5) is 6.01 Å². The molecular formula is C17H22N4O2S. The average molecular weight is 346 g/mol. The molecule has 2 saturated heterocycles. The Morgan fingerprint density at radius 3 is 2.88 bits per heavy atom. The Labute approximate surface area is 145 Å². The SMILES string of the molecule is O=C(CC1CSCCN1)N1CCN(c2nc3ccccc3o2)CC1. The van der Waals surface area contributed by atoms with Crippen molar-refractivity contribution in [3.05, 3.63) is 24.3 Å². The zero-order valence-electron chi connectivity index (χ0n) is 13.6. The molecule has 2 fully saturated rings. The molecule has 4 rings (SSSR count). The fourth-order valence-corrected chi connectivity index (χ4v) is 4.18. The van der Waals surface area contributed by atoms with Gasteiger partial charge in [0.05, 0.1) is 0 Å². The quantitative estimate of drug-likeness (QED) is 0.910. The molecule has 128 valence electrons. The van der Waals surface area contributed by atoms with Crippen molar-refractivity contribution >= 4 is 34.8 Å². The monoisotopic (exact) mass is 346 g/mol. The van der Waals surface area contributed by atoms with Gasteiger partial charge in [0.2, 0.25) is 5.91 Å². The highest BCUT2D eigenvalue weighted by Crippen LogP contribution is 2.22. The van der Waals surface area contributed by atoms with Crippen molar-refractivity contribution in [2.24, 2.45) is 0 Å². The third kappa shape index (κ3) is 3.37. The molecule has 1 aromatic heterocycles. The first-order valence-electron chi connectivity index (χ1n) is 8.49. The van der Waals surface area contributed by atoms with Crippen molar-refractivity contribution in [2.75, 3.05) is 49.1 Å². The van der Waals surface area contributed by atoms with Crippen LogP contribution in [0.5, 0.6) is 0 Å². The van der Waals surface area contributed by atoms with Crippen LogP contribution in [-0.4, -0.2) is 66.1 Å². The molecule has 0 bridgehead atoms. The fraction of sp³-hybridized carbons (Fsp3) is 0.529. The molecule has 1 amide bonds.